The lowest BCUT2D eigenvalue weighted by Crippen LogP contribution is -2.31. The number of nitrogens with two attached hydrogens (primary N) is 1. The Labute approximate surface area is 118 Å². The highest BCUT2D eigenvalue weighted by molar-refractivity contribution is 7.80. The first-order valence-electron chi connectivity index (χ1n) is 6.25. The second kappa shape index (κ2) is 6.28. The van der Waals surface area contributed by atoms with Crippen LogP contribution < -0.4 is 10.6 Å². The third-order valence-corrected chi connectivity index (χ3v) is 3.36. The molecule has 1 rings (SSSR count). The van der Waals surface area contributed by atoms with E-state index >= 15 is 0 Å². The summed E-state index contributed by atoms with van der Waals surface area (Å²) in [6, 6.07) is 2.40. The molecule has 0 radical (unpaired) electrons. The molecule has 1 unspecified atom stereocenters. The molecule has 5 heteroatoms. The molecule has 0 amide bonds. The van der Waals surface area contributed by atoms with Crippen molar-refractivity contribution in [3.63, 3.8) is 0 Å². The molecule has 0 aliphatic carbocycles. The van der Waals surface area contributed by atoms with Crippen LogP contribution in [0, 0.1) is 17.6 Å². The van der Waals surface area contributed by atoms with Crippen molar-refractivity contribution in [1.82, 2.24) is 0 Å². The Bertz CT molecular complexity index is 452. The van der Waals surface area contributed by atoms with E-state index in [1.807, 2.05) is 6.92 Å². The van der Waals surface area contributed by atoms with Crippen molar-refractivity contribution in [1.29, 1.82) is 0 Å². The molecule has 1 atom stereocenters. The van der Waals surface area contributed by atoms with Gasteiger partial charge in [0.1, 0.15) is 22.3 Å². The summed E-state index contributed by atoms with van der Waals surface area (Å²) < 4.78 is 28.0. The summed E-state index contributed by atoms with van der Waals surface area (Å²) >= 11 is 4.73. The molecular formula is C14H20F2N2S. The van der Waals surface area contributed by atoms with Gasteiger partial charge in [0.2, 0.25) is 0 Å². The first-order chi connectivity index (χ1) is 8.73. The number of thiocarbonyl (C=S) groups is 1. The first kappa shape index (κ1) is 15.8. The summed E-state index contributed by atoms with van der Waals surface area (Å²) in [6.45, 7) is 6.10. The molecule has 106 valence electrons. The quantitative estimate of drug-likeness (QED) is 0.840. The highest BCUT2D eigenvalue weighted by Crippen LogP contribution is 2.27. The molecule has 0 bridgehead atoms. The van der Waals surface area contributed by atoms with Gasteiger partial charge in [-0.1, -0.05) is 26.1 Å². The number of benzene rings is 1. The van der Waals surface area contributed by atoms with E-state index < -0.39 is 11.6 Å². The lowest BCUT2D eigenvalue weighted by molar-refractivity contribution is 0.489. The number of hydrogen-bond acceptors (Lipinski definition) is 2. The topological polar surface area (TPSA) is 29.3 Å². The maximum absolute atomic E-state index is 14.0. The highest BCUT2D eigenvalue weighted by Gasteiger charge is 2.20. The van der Waals surface area contributed by atoms with Crippen LogP contribution in [0.25, 0.3) is 0 Å². The van der Waals surface area contributed by atoms with Crippen molar-refractivity contribution in [2.24, 2.45) is 11.7 Å². The largest absolute Gasteiger partial charge is 0.389 e. The van der Waals surface area contributed by atoms with Gasteiger partial charge in [0, 0.05) is 18.7 Å². The van der Waals surface area contributed by atoms with Gasteiger partial charge in [-0.05, 0) is 31.4 Å². The van der Waals surface area contributed by atoms with Crippen molar-refractivity contribution >= 4 is 22.9 Å². The molecule has 0 heterocycles. The Morgan fingerprint density at radius 3 is 2.11 bits per heavy atom. The van der Waals surface area contributed by atoms with Crippen LogP contribution in [0.5, 0.6) is 0 Å². The van der Waals surface area contributed by atoms with E-state index in [1.165, 1.54) is 12.1 Å². The summed E-state index contributed by atoms with van der Waals surface area (Å²) in [4.78, 5) is 1.61. The fourth-order valence-corrected chi connectivity index (χ4v) is 2.22. The average Bonchev–Trinajstić information content (AvgIpc) is 2.26. The fraction of sp³-hybridized carbons (Fsp3) is 0.500. The van der Waals surface area contributed by atoms with Crippen LogP contribution in [-0.4, -0.2) is 18.1 Å². The van der Waals surface area contributed by atoms with Crippen LogP contribution in [0.3, 0.4) is 0 Å². The summed E-state index contributed by atoms with van der Waals surface area (Å²) in [7, 11) is 1.69. The van der Waals surface area contributed by atoms with Gasteiger partial charge in [-0.2, -0.15) is 0 Å². The highest BCUT2D eigenvalue weighted by atomic mass is 32.1. The van der Waals surface area contributed by atoms with Crippen LogP contribution in [0.2, 0.25) is 0 Å². The molecular weight excluding hydrogens is 266 g/mol. The number of nitrogens with zero attached hydrogens (tertiary/aromatic N) is 1. The van der Waals surface area contributed by atoms with Gasteiger partial charge in [0.15, 0.2) is 0 Å². The van der Waals surface area contributed by atoms with Gasteiger partial charge < -0.3 is 10.6 Å². The molecule has 0 aliphatic heterocycles. The smallest absolute Gasteiger partial charge is 0.150 e. The summed E-state index contributed by atoms with van der Waals surface area (Å²) in [5, 5.41) is 0. The summed E-state index contributed by atoms with van der Waals surface area (Å²) in [6.07, 6.45) is 0.854. The SMILES string of the molecule is CC(C)CC(C)N(C)c1c(F)cc(C(N)=S)cc1F. The predicted octanol–water partition coefficient (Wildman–Crippen LogP) is 3.47. The zero-order valence-electron chi connectivity index (χ0n) is 11.7. The van der Waals surface area contributed by atoms with E-state index in [0.29, 0.717) is 5.92 Å². The minimum absolute atomic E-state index is 0.0118. The summed E-state index contributed by atoms with van der Waals surface area (Å²) in [5.74, 6) is -0.818. The molecule has 2 N–H and O–H groups in total. The van der Waals surface area contributed by atoms with Gasteiger partial charge in [-0.15, -0.1) is 0 Å². The third-order valence-electron chi connectivity index (χ3n) is 3.13. The maximum Gasteiger partial charge on any atom is 0.150 e. The fourth-order valence-electron chi connectivity index (χ4n) is 2.11. The monoisotopic (exact) mass is 286 g/mol. The molecule has 0 saturated carbocycles. The molecule has 0 saturated heterocycles. The van der Waals surface area contributed by atoms with Gasteiger partial charge in [-0.25, -0.2) is 8.78 Å². The van der Waals surface area contributed by atoms with E-state index in [9.17, 15) is 8.78 Å². The number of anilines is 1. The maximum atomic E-state index is 14.0. The van der Waals surface area contributed by atoms with Gasteiger partial charge in [0.05, 0.1) is 0 Å². The summed E-state index contributed by atoms with van der Waals surface area (Å²) in [5.41, 5.74) is 5.56. The average molecular weight is 286 g/mol. The zero-order chi connectivity index (χ0) is 14.7. The van der Waals surface area contributed by atoms with Gasteiger partial charge in [0.25, 0.3) is 0 Å². The van der Waals surface area contributed by atoms with Crippen molar-refractivity contribution < 1.29 is 8.78 Å². The molecule has 2 nitrogen and oxygen atoms in total. The molecule has 1 aromatic rings. The van der Waals surface area contributed by atoms with Crippen LogP contribution in [-0.2, 0) is 0 Å². The van der Waals surface area contributed by atoms with Crippen molar-refractivity contribution in [3.05, 3.63) is 29.3 Å². The molecule has 0 fully saturated rings. The minimum atomic E-state index is -0.638. The van der Waals surface area contributed by atoms with E-state index in [4.69, 9.17) is 18.0 Å². The minimum Gasteiger partial charge on any atom is -0.389 e. The van der Waals surface area contributed by atoms with E-state index in [0.717, 1.165) is 6.42 Å². The second-order valence-electron chi connectivity index (χ2n) is 5.24. The van der Waals surface area contributed by atoms with Gasteiger partial charge in [-0.3, -0.25) is 0 Å². The van der Waals surface area contributed by atoms with Crippen LogP contribution in [0.15, 0.2) is 12.1 Å². The number of rotatable bonds is 5. The Kier molecular flexibility index (Phi) is 5.23. The molecule has 0 aliphatic rings. The van der Waals surface area contributed by atoms with Crippen LogP contribution in [0.4, 0.5) is 14.5 Å². The normalized spacial score (nSPS) is 12.6. The Morgan fingerprint density at radius 2 is 1.74 bits per heavy atom. The predicted molar refractivity (Wildman–Crippen MR) is 79.6 cm³/mol. The zero-order valence-corrected chi connectivity index (χ0v) is 12.5. The van der Waals surface area contributed by atoms with Crippen molar-refractivity contribution in [3.8, 4) is 0 Å². The Hall–Kier alpha value is -1.23. The molecule has 0 spiro atoms. The molecule has 1 aromatic carbocycles. The lowest BCUT2D eigenvalue weighted by Gasteiger charge is -2.29. The van der Waals surface area contributed by atoms with E-state index in [-0.39, 0.29) is 22.3 Å². The number of hydrogen-bond donors (Lipinski definition) is 1. The lowest BCUT2D eigenvalue weighted by atomic mass is 10.0. The first-order valence-corrected chi connectivity index (χ1v) is 6.66. The van der Waals surface area contributed by atoms with Crippen LogP contribution >= 0.6 is 12.2 Å². The second-order valence-corrected chi connectivity index (χ2v) is 5.68. The van der Waals surface area contributed by atoms with E-state index in [2.05, 4.69) is 13.8 Å². The third kappa shape index (κ3) is 3.86. The van der Waals surface area contributed by atoms with Gasteiger partial charge >= 0.3 is 0 Å². The molecule has 19 heavy (non-hydrogen) atoms. The van der Waals surface area contributed by atoms with E-state index in [1.54, 1.807) is 11.9 Å². The van der Waals surface area contributed by atoms with Crippen molar-refractivity contribution in [2.45, 2.75) is 33.2 Å². The molecule has 0 aromatic heterocycles. The Morgan fingerprint density at radius 1 is 1.26 bits per heavy atom. The van der Waals surface area contributed by atoms with Crippen molar-refractivity contribution in [2.75, 3.05) is 11.9 Å². The van der Waals surface area contributed by atoms with Crippen LogP contribution in [0.1, 0.15) is 32.8 Å². The number of halogens is 2. The standard InChI is InChI=1S/C14H20F2N2S/c1-8(2)5-9(3)18(4)13-11(15)6-10(14(17)19)7-12(13)16/h6-9H,5H2,1-4H3,(H2,17,19). The Balaban J connectivity index is 3.10.